The number of thiazole rings is 1. The fourth-order valence-corrected chi connectivity index (χ4v) is 3.47. The van der Waals surface area contributed by atoms with E-state index in [4.69, 9.17) is 5.73 Å². The molecule has 0 bridgehead atoms. The summed E-state index contributed by atoms with van der Waals surface area (Å²) >= 11 is 1.69. The van der Waals surface area contributed by atoms with Gasteiger partial charge in [-0.1, -0.05) is 6.92 Å². The maximum Gasteiger partial charge on any atom is 0.191 e. The molecule has 3 rings (SSSR count). The Hall–Kier alpha value is -2.15. The predicted molar refractivity (Wildman–Crippen MR) is 97.0 cm³/mol. The monoisotopic (exact) mass is 347 g/mol. The largest absolute Gasteiger partial charge is 0.370 e. The average Bonchev–Trinajstić information content (AvgIpc) is 3.09. The first kappa shape index (κ1) is 16.7. The van der Waals surface area contributed by atoms with Crippen molar-refractivity contribution in [3.05, 3.63) is 46.2 Å². The maximum absolute atomic E-state index is 13.0. The Morgan fingerprint density at radius 1 is 1.25 bits per heavy atom. The number of aryl methyl sites for hydroxylation is 1. The van der Waals surface area contributed by atoms with E-state index in [1.54, 1.807) is 11.3 Å². The molecular formula is C17H22FN5S. The topological polar surface area (TPSA) is 57.8 Å². The van der Waals surface area contributed by atoms with Crippen LogP contribution in [0.2, 0.25) is 0 Å². The zero-order valence-electron chi connectivity index (χ0n) is 13.8. The first-order valence-corrected chi connectivity index (χ1v) is 8.96. The standard InChI is InChI=1S/C17H22FN5S/c1-2-15-11-20-16(24-15)12-21-17(19)23-9-7-22(8-10-23)14-5-3-13(18)4-6-14/h3-6,11H,2,7-10,12H2,1H3,(H2,19,21). The Balaban J connectivity index is 1.53. The van der Waals surface area contributed by atoms with Crippen molar-refractivity contribution in [1.29, 1.82) is 0 Å². The molecule has 1 aromatic carbocycles. The summed E-state index contributed by atoms with van der Waals surface area (Å²) < 4.78 is 13.0. The van der Waals surface area contributed by atoms with Crippen molar-refractivity contribution in [2.75, 3.05) is 31.1 Å². The highest BCUT2D eigenvalue weighted by atomic mass is 32.1. The summed E-state index contributed by atoms with van der Waals surface area (Å²) in [5, 5.41) is 1.000. The summed E-state index contributed by atoms with van der Waals surface area (Å²) in [7, 11) is 0. The molecule has 1 fully saturated rings. The molecule has 0 radical (unpaired) electrons. The number of hydrogen-bond acceptors (Lipinski definition) is 4. The van der Waals surface area contributed by atoms with E-state index in [-0.39, 0.29) is 5.82 Å². The summed E-state index contributed by atoms with van der Waals surface area (Å²) in [6.45, 7) is 5.97. The highest BCUT2D eigenvalue weighted by Crippen LogP contribution is 2.17. The summed E-state index contributed by atoms with van der Waals surface area (Å²) in [6, 6.07) is 6.62. The Morgan fingerprint density at radius 2 is 1.96 bits per heavy atom. The third-order valence-electron chi connectivity index (χ3n) is 4.12. The van der Waals surface area contributed by atoms with Crippen LogP contribution in [0.15, 0.2) is 35.5 Å². The number of piperazine rings is 1. The van der Waals surface area contributed by atoms with E-state index in [0.29, 0.717) is 12.5 Å². The third kappa shape index (κ3) is 4.03. The number of hydrogen-bond donors (Lipinski definition) is 1. The van der Waals surface area contributed by atoms with Crippen molar-refractivity contribution in [3.63, 3.8) is 0 Å². The van der Waals surface area contributed by atoms with Gasteiger partial charge in [0.1, 0.15) is 10.8 Å². The van der Waals surface area contributed by atoms with Gasteiger partial charge in [-0.05, 0) is 30.7 Å². The van der Waals surface area contributed by atoms with Crippen LogP contribution in [0.1, 0.15) is 16.8 Å². The van der Waals surface area contributed by atoms with E-state index >= 15 is 0 Å². The molecule has 1 aromatic heterocycles. The normalized spacial score (nSPS) is 15.8. The molecule has 0 aliphatic carbocycles. The van der Waals surface area contributed by atoms with Crippen molar-refractivity contribution in [2.45, 2.75) is 19.9 Å². The number of anilines is 1. The lowest BCUT2D eigenvalue weighted by molar-refractivity contribution is 0.380. The van der Waals surface area contributed by atoms with Gasteiger partial charge in [-0.15, -0.1) is 11.3 Å². The molecule has 1 aliphatic heterocycles. The quantitative estimate of drug-likeness (QED) is 0.682. The van der Waals surface area contributed by atoms with Gasteiger partial charge < -0.3 is 15.5 Å². The zero-order chi connectivity index (χ0) is 16.9. The van der Waals surface area contributed by atoms with Crippen molar-refractivity contribution in [1.82, 2.24) is 9.88 Å². The lowest BCUT2D eigenvalue weighted by Crippen LogP contribution is -2.51. The molecule has 2 heterocycles. The Labute approximate surface area is 145 Å². The second-order valence-corrected chi connectivity index (χ2v) is 6.90. The van der Waals surface area contributed by atoms with Crippen LogP contribution < -0.4 is 10.6 Å². The first-order valence-electron chi connectivity index (χ1n) is 8.14. The third-order valence-corrected chi connectivity index (χ3v) is 5.25. The number of nitrogens with zero attached hydrogens (tertiary/aromatic N) is 4. The minimum absolute atomic E-state index is 0.206. The minimum Gasteiger partial charge on any atom is -0.370 e. The Bertz CT molecular complexity index is 689. The summed E-state index contributed by atoms with van der Waals surface area (Å²) in [6.07, 6.45) is 2.91. The summed E-state index contributed by atoms with van der Waals surface area (Å²) in [5.74, 6) is 0.365. The lowest BCUT2D eigenvalue weighted by Gasteiger charge is -2.36. The van der Waals surface area contributed by atoms with Crippen molar-refractivity contribution >= 4 is 23.0 Å². The molecule has 1 aliphatic rings. The second-order valence-electron chi connectivity index (χ2n) is 5.70. The molecule has 1 saturated heterocycles. The SMILES string of the molecule is CCc1cnc(CN=C(N)N2CCN(c3ccc(F)cc3)CC2)s1. The van der Waals surface area contributed by atoms with E-state index in [1.165, 1.54) is 17.0 Å². The van der Waals surface area contributed by atoms with Crippen LogP contribution in [0.3, 0.4) is 0 Å². The van der Waals surface area contributed by atoms with E-state index < -0.39 is 0 Å². The van der Waals surface area contributed by atoms with Gasteiger partial charge in [0, 0.05) is 42.9 Å². The smallest absolute Gasteiger partial charge is 0.191 e. The average molecular weight is 347 g/mol. The molecule has 128 valence electrons. The Kier molecular flexibility index (Phi) is 5.30. The van der Waals surface area contributed by atoms with Gasteiger partial charge in [0.25, 0.3) is 0 Å². The van der Waals surface area contributed by atoms with Gasteiger partial charge >= 0.3 is 0 Å². The van der Waals surface area contributed by atoms with Crippen LogP contribution in [-0.4, -0.2) is 42.0 Å². The fourth-order valence-electron chi connectivity index (χ4n) is 2.68. The summed E-state index contributed by atoms with van der Waals surface area (Å²) in [4.78, 5) is 14.4. The Morgan fingerprint density at radius 3 is 2.58 bits per heavy atom. The number of guanidine groups is 1. The molecule has 7 heteroatoms. The van der Waals surface area contributed by atoms with Crippen LogP contribution in [0.25, 0.3) is 0 Å². The first-order chi connectivity index (χ1) is 11.7. The van der Waals surface area contributed by atoms with Crippen LogP contribution in [0.5, 0.6) is 0 Å². The lowest BCUT2D eigenvalue weighted by atomic mass is 10.2. The van der Waals surface area contributed by atoms with Gasteiger partial charge in [-0.25, -0.2) is 14.4 Å². The number of rotatable bonds is 4. The van der Waals surface area contributed by atoms with Crippen LogP contribution in [0.4, 0.5) is 10.1 Å². The molecule has 0 saturated carbocycles. The minimum atomic E-state index is -0.206. The molecule has 2 N–H and O–H groups in total. The molecule has 5 nitrogen and oxygen atoms in total. The van der Waals surface area contributed by atoms with Gasteiger partial charge in [-0.2, -0.15) is 0 Å². The molecule has 24 heavy (non-hydrogen) atoms. The number of halogens is 1. The highest BCUT2D eigenvalue weighted by Gasteiger charge is 2.18. The molecule has 0 atom stereocenters. The zero-order valence-corrected chi connectivity index (χ0v) is 14.6. The number of aromatic nitrogens is 1. The van der Waals surface area contributed by atoms with E-state index in [0.717, 1.165) is 43.3 Å². The van der Waals surface area contributed by atoms with E-state index in [9.17, 15) is 4.39 Å². The predicted octanol–water partition coefficient (Wildman–Crippen LogP) is 2.48. The maximum atomic E-state index is 13.0. The van der Waals surface area contributed by atoms with Crippen molar-refractivity contribution < 1.29 is 4.39 Å². The molecule has 0 unspecified atom stereocenters. The molecule has 2 aromatic rings. The van der Waals surface area contributed by atoms with Crippen LogP contribution >= 0.6 is 11.3 Å². The molecular weight excluding hydrogens is 325 g/mol. The van der Waals surface area contributed by atoms with Gasteiger partial charge in [0.2, 0.25) is 0 Å². The highest BCUT2D eigenvalue weighted by molar-refractivity contribution is 7.11. The second kappa shape index (κ2) is 7.61. The van der Waals surface area contributed by atoms with Crippen molar-refractivity contribution in [2.24, 2.45) is 10.7 Å². The van der Waals surface area contributed by atoms with E-state index in [1.807, 2.05) is 18.3 Å². The number of nitrogens with two attached hydrogens (primary N) is 1. The number of benzene rings is 1. The van der Waals surface area contributed by atoms with E-state index in [2.05, 4.69) is 26.7 Å². The summed E-state index contributed by atoms with van der Waals surface area (Å²) in [5.41, 5.74) is 7.17. The van der Waals surface area contributed by atoms with Gasteiger partial charge in [0.05, 0.1) is 6.54 Å². The number of aliphatic imine (C=N–C) groups is 1. The van der Waals surface area contributed by atoms with Crippen molar-refractivity contribution in [3.8, 4) is 0 Å². The van der Waals surface area contributed by atoms with Gasteiger partial charge in [-0.3, -0.25) is 0 Å². The fraction of sp³-hybridized carbons (Fsp3) is 0.412. The molecule has 0 amide bonds. The van der Waals surface area contributed by atoms with Crippen LogP contribution in [0, 0.1) is 5.82 Å². The van der Waals surface area contributed by atoms with Crippen LogP contribution in [-0.2, 0) is 13.0 Å². The van der Waals surface area contributed by atoms with Gasteiger partial charge in [0.15, 0.2) is 5.96 Å². The molecule has 0 spiro atoms.